The number of hydrogen-bond acceptors (Lipinski definition) is 4. The summed E-state index contributed by atoms with van der Waals surface area (Å²) in [6.07, 6.45) is 3.47. The van der Waals surface area contributed by atoms with Gasteiger partial charge >= 0.3 is 6.09 Å². The van der Waals surface area contributed by atoms with E-state index in [2.05, 4.69) is 0 Å². The van der Waals surface area contributed by atoms with Gasteiger partial charge in [0.1, 0.15) is 5.60 Å². The van der Waals surface area contributed by atoms with Crippen molar-refractivity contribution in [3.8, 4) is 0 Å². The molecule has 0 aromatic carbocycles. The van der Waals surface area contributed by atoms with E-state index in [1.165, 1.54) is 0 Å². The van der Waals surface area contributed by atoms with E-state index >= 15 is 0 Å². The van der Waals surface area contributed by atoms with E-state index in [1.807, 2.05) is 25.7 Å². The highest BCUT2D eigenvalue weighted by Crippen LogP contribution is 2.43. The highest BCUT2D eigenvalue weighted by Gasteiger charge is 2.52. The van der Waals surface area contributed by atoms with Crippen molar-refractivity contribution in [2.24, 2.45) is 0 Å². The van der Waals surface area contributed by atoms with Gasteiger partial charge in [-0.3, -0.25) is 4.90 Å². The van der Waals surface area contributed by atoms with Gasteiger partial charge < -0.3 is 14.6 Å². The molecule has 0 spiro atoms. The van der Waals surface area contributed by atoms with Gasteiger partial charge in [-0.2, -0.15) is 0 Å². The summed E-state index contributed by atoms with van der Waals surface area (Å²) in [7, 11) is 1.65. The molecule has 0 saturated carbocycles. The van der Waals surface area contributed by atoms with E-state index in [9.17, 15) is 9.90 Å². The Morgan fingerprint density at radius 3 is 2.75 bits per heavy atom. The van der Waals surface area contributed by atoms with Crippen molar-refractivity contribution < 1.29 is 19.4 Å². The van der Waals surface area contributed by atoms with Crippen LogP contribution in [0.3, 0.4) is 0 Å². The fourth-order valence-corrected chi connectivity index (χ4v) is 3.69. The van der Waals surface area contributed by atoms with Crippen LogP contribution in [-0.2, 0) is 9.47 Å². The predicted molar refractivity (Wildman–Crippen MR) is 75.6 cm³/mol. The monoisotopic (exact) mass is 285 g/mol. The zero-order chi connectivity index (χ0) is 15.0. The Hall–Kier alpha value is -0.810. The zero-order valence-electron chi connectivity index (χ0n) is 13.0. The summed E-state index contributed by atoms with van der Waals surface area (Å²) >= 11 is 0. The zero-order valence-corrected chi connectivity index (χ0v) is 13.0. The summed E-state index contributed by atoms with van der Waals surface area (Å²) in [6, 6.07) is 0.0671. The number of piperidine rings is 2. The quantitative estimate of drug-likeness (QED) is 0.846. The minimum absolute atomic E-state index is 0.0671. The number of aliphatic hydroxyl groups is 1. The Labute approximate surface area is 121 Å². The highest BCUT2D eigenvalue weighted by atomic mass is 16.6. The molecule has 3 atom stereocenters. The standard InChI is InChI=1S/C15H27NO4/c1-14(2,3)20-13(18)16-11-6-5-7-15(16,10-19-4)9-12(17)8-11/h11-12,17H,5-10H2,1-4H3/t11?,12-,15+/m1/s1. The van der Waals surface area contributed by atoms with E-state index in [4.69, 9.17) is 9.47 Å². The van der Waals surface area contributed by atoms with Gasteiger partial charge in [0.05, 0.1) is 18.2 Å². The summed E-state index contributed by atoms with van der Waals surface area (Å²) in [5.41, 5.74) is -0.909. The first-order valence-corrected chi connectivity index (χ1v) is 7.47. The molecular weight excluding hydrogens is 258 g/mol. The summed E-state index contributed by atoms with van der Waals surface area (Å²) in [5.74, 6) is 0. The molecule has 2 fully saturated rings. The lowest BCUT2D eigenvalue weighted by Crippen LogP contribution is -2.66. The molecule has 1 unspecified atom stereocenters. The maximum absolute atomic E-state index is 12.6. The number of carbonyl (C=O) groups is 1. The molecule has 2 aliphatic heterocycles. The summed E-state index contributed by atoms with van der Waals surface area (Å²) in [4.78, 5) is 14.4. The molecular formula is C15H27NO4. The number of amides is 1. The van der Waals surface area contributed by atoms with Gasteiger partial charge in [0.2, 0.25) is 0 Å². The number of carbonyl (C=O) groups excluding carboxylic acids is 1. The number of methoxy groups -OCH3 is 1. The van der Waals surface area contributed by atoms with E-state index in [0.717, 1.165) is 19.3 Å². The maximum atomic E-state index is 12.6. The second-order valence-corrected chi connectivity index (χ2v) is 7.15. The van der Waals surface area contributed by atoms with Crippen molar-refractivity contribution >= 4 is 6.09 Å². The first-order chi connectivity index (χ1) is 9.27. The first kappa shape index (κ1) is 15.6. The molecule has 20 heavy (non-hydrogen) atoms. The number of ether oxygens (including phenoxy) is 2. The van der Waals surface area contributed by atoms with Gasteiger partial charge in [0.15, 0.2) is 0 Å². The molecule has 0 radical (unpaired) electrons. The van der Waals surface area contributed by atoms with Crippen molar-refractivity contribution in [2.75, 3.05) is 13.7 Å². The van der Waals surface area contributed by atoms with Gasteiger partial charge in [-0.25, -0.2) is 4.79 Å². The van der Waals surface area contributed by atoms with E-state index in [-0.39, 0.29) is 18.2 Å². The smallest absolute Gasteiger partial charge is 0.411 e. The predicted octanol–water partition coefficient (Wildman–Crippen LogP) is 2.32. The van der Waals surface area contributed by atoms with Crippen LogP contribution in [0.15, 0.2) is 0 Å². The molecule has 5 heteroatoms. The molecule has 1 amide bonds. The van der Waals surface area contributed by atoms with Gasteiger partial charge in [0.25, 0.3) is 0 Å². The Kier molecular flexibility index (Phi) is 4.30. The summed E-state index contributed by atoms with van der Waals surface area (Å²) < 4.78 is 10.9. The Morgan fingerprint density at radius 2 is 2.15 bits per heavy atom. The van der Waals surface area contributed by atoms with Crippen LogP contribution in [0.4, 0.5) is 4.79 Å². The lowest BCUT2D eigenvalue weighted by Gasteiger charge is -2.55. The van der Waals surface area contributed by atoms with Crippen LogP contribution in [0.5, 0.6) is 0 Å². The van der Waals surface area contributed by atoms with Crippen molar-refractivity contribution in [1.82, 2.24) is 4.90 Å². The van der Waals surface area contributed by atoms with Crippen LogP contribution in [0.25, 0.3) is 0 Å². The third-order valence-corrected chi connectivity index (χ3v) is 4.22. The Bertz CT molecular complexity index is 361. The number of rotatable bonds is 2. The minimum atomic E-state index is -0.504. The van der Waals surface area contributed by atoms with Crippen LogP contribution in [0.1, 0.15) is 52.9 Å². The largest absolute Gasteiger partial charge is 0.444 e. The van der Waals surface area contributed by atoms with Crippen molar-refractivity contribution in [3.63, 3.8) is 0 Å². The van der Waals surface area contributed by atoms with Crippen LogP contribution in [0.2, 0.25) is 0 Å². The van der Waals surface area contributed by atoms with Crippen molar-refractivity contribution in [1.29, 1.82) is 0 Å². The maximum Gasteiger partial charge on any atom is 0.411 e. The van der Waals surface area contributed by atoms with E-state index < -0.39 is 11.1 Å². The molecule has 2 saturated heterocycles. The topological polar surface area (TPSA) is 59.0 Å². The number of hydrogen-bond donors (Lipinski definition) is 1. The van der Waals surface area contributed by atoms with Crippen LogP contribution >= 0.6 is 0 Å². The summed E-state index contributed by atoms with van der Waals surface area (Å²) in [6.45, 7) is 6.09. The van der Waals surface area contributed by atoms with Crippen LogP contribution in [-0.4, -0.2) is 53.1 Å². The van der Waals surface area contributed by atoms with Crippen LogP contribution < -0.4 is 0 Å². The second kappa shape index (κ2) is 5.53. The molecule has 0 aromatic heterocycles. The first-order valence-electron chi connectivity index (χ1n) is 7.47. The lowest BCUT2D eigenvalue weighted by molar-refractivity contribution is -0.112. The molecule has 2 rings (SSSR count). The van der Waals surface area contributed by atoms with E-state index in [1.54, 1.807) is 7.11 Å². The SMILES string of the molecule is COC[C@]12CCCC(C[C@@H](O)C1)N2C(=O)OC(C)(C)C. The molecule has 0 aromatic rings. The molecule has 116 valence electrons. The van der Waals surface area contributed by atoms with Crippen molar-refractivity contribution in [3.05, 3.63) is 0 Å². The van der Waals surface area contributed by atoms with Crippen LogP contribution in [0, 0.1) is 0 Å². The van der Waals surface area contributed by atoms with E-state index in [0.29, 0.717) is 19.4 Å². The summed E-state index contributed by atoms with van der Waals surface area (Å²) in [5, 5.41) is 10.1. The second-order valence-electron chi connectivity index (χ2n) is 7.15. The normalized spacial score (nSPS) is 34.0. The molecule has 2 heterocycles. The lowest BCUT2D eigenvalue weighted by atomic mass is 9.73. The van der Waals surface area contributed by atoms with Gasteiger partial charge in [0, 0.05) is 13.2 Å². The molecule has 2 bridgehead atoms. The Morgan fingerprint density at radius 1 is 1.45 bits per heavy atom. The number of fused-ring (bicyclic) bond motifs is 2. The van der Waals surface area contributed by atoms with Gasteiger partial charge in [-0.1, -0.05) is 0 Å². The molecule has 0 aliphatic carbocycles. The molecule has 2 aliphatic rings. The fraction of sp³-hybridized carbons (Fsp3) is 0.933. The average molecular weight is 285 g/mol. The molecule has 5 nitrogen and oxygen atoms in total. The number of aliphatic hydroxyl groups excluding tert-OH is 1. The number of nitrogens with zero attached hydrogens (tertiary/aromatic N) is 1. The third kappa shape index (κ3) is 3.09. The third-order valence-electron chi connectivity index (χ3n) is 4.22. The van der Waals surface area contributed by atoms with Gasteiger partial charge in [-0.15, -0.1) is 0 Å². The minimum Gasteiger partial charge on any atom is -0.444 e. The Balaban J connectivity index is 2.25. The average Bonchev–Trinajstić information content (AvgIpc) is 2.24. The molecule has 1 N–H and O–H groups in total. The fourth-order valence-electron chi connectivity index (χ4n) is 3.69. The van der Waals surface area contributed by atoms with Crippen molar-refractivity contribution in [2.45, 2.75) is 76.2 Å². The van der Waals surface area contributed by atoms with Gasteiger partial charge in [-0.05, 0) is 52.9 Å². The highest BCUT2D eigenvalue weighted by molar-refractivity contribution is 5.70.